The lowest BCUT2D eigenvalue weighted by atomic mass is 10.1. The van der Waals surface area contributed by atoms with Gasteiger partial charge in [0.2, 0.25) is 5.88 Å². The molecule has 0 radical (unpaired) electrons. The molecular weight excluding hydrogens is 230 g/mol. The van der Waals surface area contributed by atoms with Crippen LogP contribution in [0.5, 0.6) is 11.6 Å². The SMILES string of the molecule is COc1cc(NCc2cc(N)ccc2O)ccn1. The van der Waals surface area contributed by atoms with Gasteiger partial charge in [-0.1, -0.05) is 0 Å². The van der Waals surface area contributed by atoms with Gasteiger partial charge in [0, 0.05) is 35.7 Å². The number of nitrogen functional groups attached to an aromatic ring is 1. The number of rotatable bonds is 4. The molecular formula is C13H15N3O2. The number of nitrogens with one attached hydrogen (secondary N) is 1. The minimum absolute atomic E-state index is 0.220. The number of phenols is 1. The molecule has 0 amide bonds. The summed E-state index contributed by atoms with van der Waals surface area (Å²) < 4.78 is 5.03. The van der Waals surface area contributed by atoms with Crippen LogP contribution in [0.2, 0.25) is 0 Å². The summed E-state index contributed by atoms with van der Waals surface area (Å²) in [4.78, 5) is 4.01. The molecule has 5 nitrogen and oxygen atoms in total. The van der Waals surface area contributed by atoms with Crippen molar-refractivity contribution < 1.29 is 9.84 Å². The first-order valence-electron chi connectivity index (χ1n) is 5.50. The van der Waals surface area contributed by atoms with E-state index in [-0.39, 0.29) is 5.75 Å². The number of pyridine rings is 1. The van der Waals surface area contributed by atoms with E-state index < -0.39 is 0 Å². The Bertz CT molecular complexity index is 544. The fourth-order valence-corrected chi connectivity index (χ4v) is 1.58. The number of aromatic hydroxyl groups is 1. The van der Waals surface area contributed by atoms with Crippen LogP contribution >= 0.6 is 0 Å². The molecule has 2 aromatic rings. The van der Waals surface area contributed by atoms with E-state index in [9.17, 15) is 5.11 Å². The van der Waals surface area contributed by atoms with Gasteiger partial charge >= 0.3 is 0 Å². The average Bonchev–Trinajstić information content (AvgIpc) is 2.40. The Balaban J connectivity index is 2.08. The van der Waals surface area contributed by atoms with Crippen LogP contribution in [0, 0.1) is 0 Å². The summed E-state index contributed by atoms with van der Waals surface area (Å²) in [5, 5.41) is 12.8. The molecule has 5 heteroatoms. The van der Waals surface area contributed by atoms with Crippen molar-refractivity contribution in [2.45, 2.75) is 6.54 Å². The van der Waals surface area contributed by atoms with Crippen LogP contribution in [0.4, 0.5) is 11.4 Å². The summed E-state index contributed by atoms with van der Waals surface area (Å²) in [7, 11) is 1.57. The summed E-state index contributed by atoms with van der Waals surface area (Å²) >= 11 is 0. The Morgan fingerprint density at radius 3 is 2.94 bits per heavy atom. The van der Waals surface area contributed by atoms with E-state index in [0.717, 1.165) is 11.3 Å². The van der Waals surface area contributed by atoms with Gasteiger partial charge in [0.15, 0.2) is 0 Å². The normalized spacial score (nSPS) is 10.1. The zero-order valence-electron chi connectivity index (χ0n) is 10.1. The molecule has 1 heterocycles. The number of hydrogen-bond donors (Lipinski definition) is 3. The largest absolute Gasteiger partial charge is 0.508 e. The summed E-state index contributed by atoms with van der Waals surface area (Å²) in [5.74, 6) is 0.759. The van der Waals surface area contributed by atoms with Gasteiger partial charge in [0.1, 0.15) is 5.75 Å². The van der Waals surface area contributed by atoms with Crippen molar-refractivity contribution in [3.05, 3.63) is 42.1 Å². The smallest absolute Gasteiger partial charge is 0.214 e. The highest BCUT2D eigenvalue weighted by Crippen LogP contribution is 2.21. The van der Waals surface area contributed by atoms with Gasteiger partial charge in [-0.25, -0.2) is 4.98 Å². The molecule has 94 valence electrons. The molecule has 0 aliphatic heterocycles. The highest BCUT2D eigenvalue weighted by atomic mass is 16.5. The molecule has 2 rings (SSSR count). The van der Waals surface area contributed by atoms with Crippen LogP contribution < -0.4 is 15.8 Å². The molecule has 0 saturated heterocycles. The van der Waals surface area contributed by atoms with Gasteiger partial charge in [0.05, 0.1) is 7.11 Å². The first-order chi connectivity index (χ1) is 8.69. The lowest BCUT2D eigenvalue weighted by molar-refractivity contribution is 0.398. The molecule has 0 saturated carbocycles. The second-order valence-electron chi connectivity index (χ2n) is 3.83. The highest BCUT2D eigenvalue weighted by Gasteiger charge is 2.02. The Morgan fingerprint density at radius 1 is 1.33 bits per heavy atom. The summed E-state index contributed by atoms with van der Waals surface area (Å²) in [6, 6.07) is 8.59. The lowest BCUT2D eigenvalue weighted by Crippen LogP contribution is -2.01. The first-order valence-corrected chi connectivity index (χ1v) is 5.50. The number of nitrogens with two attached hydrogens (primary N) is 1. The van der Waals surface area contributed by atoms with Gasteiger partial charge in [0.25, 0.3) is 0 Å². The van der Waals surface area contributed by atoms with Gasteiger partial charge in [-0.15, -0.1) is 0 Å². The zero-order valence-corrected chi connectivity index (χ0v) is 10.1. The number of hydrogen-bond acceptors (Lipinski definition) is 5. The number of methoxy groups -OCH3 is 1. The number of ether oxygens (including phenoxy) is 1. The topological polar surface area (TPSA) is 80.4 Å². The Kier molecular flexibility index (Phi) is 3.52. The molecule has 1 aromatic heterocycles. The molecule has 0 fully saturated rings. The van der Waals surface area contributed by atoms with Crippen molar-refractivity contribution in [1.29, 1.82) is 0 Å². The third-order valence-corrected chi connectivity index (χ3v) is 2.53. The maximum atomic E-state index is 9.68. The predicted molar refractivity (Wildman–Crippen MR) is 70.6 cm³/mol. The molecule has 0 unspecified atom stereocenters. The van der Waals surface area contributed by atoms with E-state index in [1.165, 1.54) is 0 Å². The van der Waals surface area contributed by atoms with Crippen molar-refractivity contribution in [1.82, 2.24) is 4.98 Å². The molecule has 0 aliphatic carbocycles. The summed E-state index contributed by atoms with van der Waals surface area (Å²) in [6.07, 6.45) is 1.65. The second kappa shape index (κ2) is 5.27. The monoisotopic (exact) mass is 245 g/mol. The molecule has 0 spiro atoms. The van der Waals surface area contributed by atoms with E-state index >= 15 is 0 Å². The molecule has 4 N–H and O–H groups in total. The van der Waals surface area contributed by atoms with Crippen molar-refractivity contribution in [3.63, 3.8) is 0 Å². The van der Waals surface area contributed by atoms with Gasteiger partial charge in [-0.05, 0) is 24.3 Å². The Hall–Kier alpha value is -2.43. The maximum Gasteiger partial charge on any atom is 0.214 e. The van der Waals surface area contributed by atoms with Gasteiger partial charge < -0.3 is 20.9 Å². The number of aromatic nitrogens is 1. The van der Waals surface area contributed by atoms with E-state index in [4.69, 9.17) is 10.5 Å². The van der Waals surface area contributed by atoms with Crippen molar-refractivity contribution in [2.24, 2.45) is 0 Å². The van der Waals surface area contributed by atoms with E-state index in [2.05, 4.69) is 10.3 Å². The quantitative estimate of drug-likeness (QED) is 0.567. The summed E-state index contributed by atoms with van der Waals surface area (Å²) in [6.45, 7) is 0.476. The zero-order chi connectivity index (χ0) is 13.0. The standard InChI is InChI=1S/C13H15N3O2/c1-18-13-7-11(4-5-15-13)16-8-9-6-10(14)2-3-12(9)17/h2-7,17H,8,14H2,1H3,(H,15,16). The number of anilines is 2. The highest BCUT2D eigenvalue weighted by molar-refractivity contribution is 5.50. The van der Waals surface area contributed by atoms with Crippen molar-refractivity contribution in [2.75, 3.05) is 18.2 Å². The maximum absolute atomic E-state index is 9.68. The minimum Gasteiger partial charge on any atom is -0.508 e. The van der Waals surface area contributed by atoms with Crippen LogP contribution in [0.15, 0.2) is 36.5 Å². The van der Waals surface area contributed by atoms with Crippen molar-refractivity contribution in [3.8, 4) is 11.6 Å². The lowest BCUT2D eigenvalue weighted by Gasteiger charge is -2.09. The van der Waals surface area contributed by atoms with Crippen LogP contribution in [-0.4, -0.2) is 17.2 Å². The van der Waals surface area contributed by atoms with Crippen LogP contribution in [0.1, 0.15) is 5.56 Å². The minimum atomic E-state index is 0.220. The number of phenolic OH excluding ortho intramolecular Hbond substituents is 1. The van der Waals surface area contributed by atoms with Crippen molar-refractivity contribution >= 4 is 11.4 Å². The predicted octanol–water partition coefficient (Wildman–Crippen LogP) is 1.99. The fraction of sp³-hybridized carbons (Fsp3) is 0.154. The van der Waals surface area contributed by atoms with E-state index in [1.807, 2.05) is 6.07 Å². The first kappa shape index (κ1) is 12.0. The third-order valence-electron chi connectivity index (χ3n) is 2.53. The van der Waals surface area contributed by atoms with Crippen LogP contribution in [0.3, 0.4) is 0 Å². The molecule has 0 aliphatic rings. The van der Waals surface area contributed by atoms with E-state index in [0.29, 0.717) is 18.1 Å². The van der Waals surface area contributed by atoms with Gasteiger partial charge in [-0.2, -0.15) is 0 Å². The van der Waals surface area contributed by atoms with Gasteiger partial charge in [-0.3, -0.25) is 0 Å². The summed E-state index contributed by atoms with van der Waals surface area (Å²) in [5.41, 5.74) is 7.90. The number of benzene rings is 1. The fourth-order valence-electron chi connectivity index (χ4n) is 1.58. The number of nitrogens with zero attached hydrogens (tertiary/aromatic N) is 1. The third kappa shape index (κ3) is 2.82. The molecule has 0 atom stereocenters. The van der Waals surface area contributed by atoms with E-state index in [1.54, 1.807) is 37.6 Å². The molecule has 18 heavy (non-hydrogen) atoms. The van der Waals surface area contributed by atoms with Crippen LogP contribution in [-0.2, 0) is 6.54 Å². The molecule has 0 bridgehead atoms. The second-order valence-corrected chi connectivity index (χ2v) is 3.83. The van der Waals surface area contributed by atoms with Crippen LogP contribution in [0.25, 0.3) is 0 Å². The Labute approximate surface area is 105 Å². The Morgan fingerprint density at radius 2 is 2.17 bits per heavy atom. The molecule has 1 aromatic carbocycles. The average molecular weight is 245 g/mol.